The van der Waals surface area contributed by atoms with E-state index in [1.165, 1.54) is 12.1 Å². The number of carbonyl (C=O) groups excluding carboxylic acids is 1. The molecule has 2 rings (SSSR count). The number of amides is 1. The molecule has 1 aromatic carbocycles. The summed E-state index contributed by atoms with van der Waals surface area (Å²) in [5, 5.41) is 10.1. The van der Waals surface area contributed by atoms with E-state index in [0.717, 1.165) is 0 Å². The lowest BCUT2D eigenvalue weighted by Crippen LogP contribution is -2.25. The fourth-order valence-corrected chi connectivity index (χ4v) is 1.73. The Bertz CT molecular complexity index is 601. The molecule has 1 N–H and O–H groups in total. The highest BCUT2D eigenvalue weighted by Gasteiger charge is 2.14. The van der Waals surface area contributed by atoms with Gasteiger partial charge in [0.05, 0.1) is 6.42 Å². The van der Waals surface area contributed by atoms with Gasteiger partial charge in [-0.2, -0.15) is 0 Å². The van der Waals surface area contributed by atoms with Crippen molar-refractivity contribution < 1.29 is 18.3 Å². The van der Waals surface area contributed by atoms with Gasteiger partial charge >= 0.3 is 11.8 Å². The summed E-state index contributed by atoms with van der Waals surface area (Å²) in [5.41, 5.74) is 0.700. The van der Waals surface area contributed by atoms with Crippen LogP contribution in [0.4, 0.5) is 4.39 Å². The van der Waals surface area contributed by atoms with Gasteiger partial charge in [-0.1, -0.05) is 12.1 Å². The van der Waals surface area contributed by atoms with Gasteiger partial charge in [0, 0.05) is 20.3 Å². The second-order valence-electron chi connectivity index (χ2n) is 4.41. The molecule has 0 saturated heterocycles. The SMILES string of the molecule is COCCCNC(=O)c1nnc(Cc2cccc(F)c2)o1. The van der Waals surface area contributed by atoms with Crippen molar-refractivity contribution in [1.82, 2.24) is 15.5 Å². The van der Waals surface area contributed by atoms with Crippen molar-refractivity contribution in [2.75, 3.05) is 20.3 Å². The Labute approximate surface area is 121 Å². The number of halogens is 1. The van der Waals surface area contributed by atoms with Crippen LogP contribution in [0.25, 0.3) is 0 Å². The monoisotopic (exact) mass is 293 g/mol. The zero-order chi connectivity index (χ0) is 15.1. The van der Waals surface area contributed by atoms with Gasteiger partial charge in [-0.05, 0) is 24.1 Å². The summed E-state index contributed by atoms with van der Waals surface area (Å²) in [6.07, 6.45) is 0.980. The fraction of sp³-hybridized carbons (Fsp3) is 0.357. The fourth-order valence-electron chi connectivity index (χ4n) is 1.73. The number of hydrogen-bond acceptors (Lipinski definition) is 5. The molecule has 21 heavy (non-hydrogen) atoms. The van der Waals surface area contributed by atoms with Crippen LogP contribution in [-0.4, -0.2) is 36.4 Å². The smallest absolute Gasteiger partial charge is 0.308 e. The number of aromatic nitrogens is 2. The summed E-state index contributed by atoms with van der Waals surface area (Å²) >= 11 is 0. The lowest BCUT2D eigenvalue weighted by molar-refractivity contribution is 0.0912. The molecule has 7 heteroatoms. The lowest BCUT2D eigenvalue weighted by Gasteiger charge is -2.00. The van der Waals surface area contributed by atoms with Crippen LogP contribution in [0.5, 0.6) is 0 Å². The summed E-state index contributed by atoms with van der Waals surface area (Å²) < 4.78 is 23.2. The molecule has 0 atom stereocenters. The number of benzene rings is 1. The highest BCUT2D eigenvalue weighted by Crippen LogP contribution is 2.10. The van der Waals surface area contributed by atoms with Crippen LogP contribution in [0.15, 0.2) is 28.7 Å². The van der Waals surface area contributed by atoms with Crippen LogP contribution in [-0.2, 0) is 11.2 Å². The second kappa shape index (κ2) is 7.49. The minimum atomic E-state index is -0.427. The van der Waals surface area contributed by atoms with E-state index in [1.807, 2.05) is 0 Å². The third-order valence-corrected chi connectivity index (χ3v) is 2.72. The minimum absolute atomic E-state index is 0.0983. The molecular formula is C14H16FN3O3. The van der Waals surface area contributed by atoms with Gasteiger partial charge < -0.3 is 14.5 Å². The van der Waals surface area contributed by atoms with Crippen LogP contribution in [0.1, 0.15) is 28.6 Å². The van der Waals surface area contributed by atoms with Crippen LogP contribution in [0.2, 0.25) is 0 Å². The summed E-state index contributed by atoms with van der Waals surface area (Å²) in [6.45, 7) is 1.03. The predicted molar refractivity (Wildman–Crippen MR) is 72.3 cm³/mol. The lowest BCUT2D eigenvalue weighted by atomic mass is 10.1. The van der Waals surface area contributed by atoms with E-state index in [9.17, 15) is 9.18 Å². The van der Waals surface area contributed by atoms with E-state index >= 15 is 0 Å². The van der Waals surface area contributed by atoms with Crippen molar-refractivity contribution in [1.29, 1.82) is 0 Å². The Balaban J connectivity index is 1.90. The van der Waals surface area contributed by atoms with E-state index in [2.05, 4.69) is 15.5 Å². The molecule has 0 bridgehead atoms. The molecule has 0 unspecified atom stereocenters. The maximum atomic E-state index is 13.1. The van der Waals surface area contributed by atoms with Crippen molar-refractivity contribution in [3.63, 3.8) is 0 Å². The maximum Gasteiger partial charge on any atom is 0.308 e. The van der Waals surface area contributed by atoms with Gasteiger partial charge in [0.25, 0.3) is 0 Å². The molecule has 0 saturated carbocycles. The van der Waals surface area contributed by atoms with Crippen molar-refractivity contribution in [2.24, 2.45) is 0 Å². The molecular weight excluding hydrogens is 277 g/mol. The summed E-state index contributed by atoms with van der Waals surface area (Å²) in [5.74, 6) is -0.589. The number of nitrogens with one attached hydrogen (secondary N) is 1. The Morgan fingerprint density at radius 3 is 3.05 bits per heavy atom. The highest BCUT2D eigenvalue weighted by atomic mass is 19.1. The predicted octanol–water partition coefficient (Wildman–Crippen LogP) is 1.57. The standard InChI is InChI=1S/C14H16FN3O3/c1-20-7-3-6-16-13(19)14-18-17-12(21-14)9-10-4-2-5-11(15)8-10/h2,4-5,8H,3,6-7,9H2,1H3,(H,16,19). The largest absolute Gasteiger partial charge is 0.417 e. The average molecular weight is 293 g/mol. The quantitative estimate of drug-likeness (QED) is 0.784. The summed E-state index contributed by atoms with van der Waals surface area (Å²) in [6, 6.07) is 6.09. The van der Waals surface area contributed by atoms with E-state index in [1.54, 1.807) is 19.2 Å². The third-order valence-electron chi connectivity index (χ3n) is 2.72. The maximum absolute atomic E-state index is 13.1. The first-order chi connectivity index (χ1) is 10.2. The summed E-state index contributed by atoms with van der Waals surface area (Å²) in [4.78, 5) is 11.7. The van der Waals surface area contributed by atoms with Crippen molar-refractivity contribution in [2.45, 2.75) is 12.8 Å². The zero-order valence-electron chi connectivity index (χ0n) is 11.6. The third kappa shape index (κ3) is 4.64. The molecule has 1 amide bonds. The van der Waals surface area contributed by atoms with Crippen LogP contribution in [0, 0.1) is 5.82 Å². The van der Waals surface area contributed by atoms with Gasteiger partial charge in [-0.25, -0.2) is 4.39 Å². The molecule has 112 valence electrons. The molecule has 0 fully saturated rings. The first-order valence-corrected chi connectivity index (χ1v) is 6.53. The molecule has 0 aliphatic rings. The van der Waals surface area contributed by atoms with Crippen molar-refractivity contribution >= 4 is 5.91 Å². The molecule has 6 nitrogen and oxygen atoms in total. The van der Waals surface area contributed by atoms with E-state index < -0.39 is 5.91 Å². The number of methoxy groups -OCH3 is 1. The van der Waals surface area contributed by atoms with Crippen molar-refractivity contribution in [3.8, 4) is 0 Å². The molecule has 2 aromatic rings. The first kappa shape index (κ1) is 15.1. The Morgan fingerprint density at radius 2 is 2.29 bits per heavy atom. The van der Waals surface area contributed by atoms with Gasteiger partial charge in [0.15, 0.2) is 0 Å². The van der Waals surface area contributed by atoms with Gasteiger partial charge in [-0.3, -0.25) is 4.79 Å². The van der Waals surface area contributed by atoms with Gasteiger partial charge in [-0.15, -0.1) is 10.2 Å². The number of hydrogen-bond donors (Lipinski definition) is 1. The van der Waals surface area contributed by atoms with Gasteiger partial charge in [0.2, 0.25) is 5.89 Å². The van der Waals surface area contributed by atoms with E-state index in [-0.39, 0.29) is 24.0 Å². The molecule has 0 aliphatic heterocycles. The minimum Gasteiger partial charge on any atom is -0.417 e. The number of carbonyl (C=O) groups is 1. The Kier molecular flexibility index (Phi) is 5.39. The van der Waals surface area contributed by atoms with Gasteiger partial charge in [0.1, 0.15) is 5.82 Å². The zero-order valence-corrected chi connectivity index (χ0v) is 11.6. The van der Waals surface area contributed by atoms with Crippen LogP contribution in [0.3, 0.4) is 0 Å². The van der Waals surface area contributed by atoms with Crippen molar-refractivity contribution in [3.05, 3.63) is 47.4 Å². The molecule has 0 radical (unpaired) electrons. The van der Waals surface area contributed by atoms with E-state index in [0.29, 0.717) is 25.1 Å². The molecule has 0 spiro atoms. The van der Waals surface area contributed by atoms with Crippen LogP contribution < -0.4 is 5.32 Å². The molecule has 1 heterocycles. The van der Waals surface area contributed by atoms with Crippen LogP contribution >= 0.6 is 0 Å². The summed E-state index contributed by atoms with van der Waals surface area (Å²) in [7, 11) is 1.60. The van der Waals surface area contributed by atoms with E-state index in [4.69, 9.17) is 9.15 Å². The number of ether oxygens (including phenoxy) is 1. The normalized spacial score (nSPS) is 10.6. The number of rotatable bonds is 7. The topological polar surface area (TPSA) is 77.2 Å². The molecule has 1 aromatic heterocycles. The Morgan fingerprint density at radius 1 is 1.43 bits per heavy atom. The first-order valence-electron chi connectivity index (χ1n) is 6.53. The second-order valence-corrected chi connectivity index (χ2v) is 4.41. The Hall–Kier alpha value is -2.28. The number of nitrogens with zero attached hydrogens (tertiary/aromatic N) is 2. The molecule has 0 aliphatic carbocycles. The average Bonchev–Trinajstić information content (AvgIpc) is 2.92. The highest BCUT2D eigenvalue weighted by molar-refractivity contribution is 5.89.